The second-order valence-electron chi connectivity index (χ2n) is 18.1. The summed E-state index contributed by atoms with van der Waals surface area (Å²) >= 11 is 0. The molecule has 2 atom stereocenters. The van der Waals surface area contributed by atoms with E-state index in [0.717, 1.165) is 50.9 Å². The van der Waals surface area contributed by atoms with Gasteiger partial charge in [-0.1, -0.05) is 164 Å². The van der Waals surface area contributed by atoms with Crippen LogP contribution in [-0.2, 0) is 0 Å². The molecule has 13 rings (SSSR count). The fourth-order valence-electron chi connectivity index (χ4n) is 10.8. The first-order chi connectivity index (χ1) is 34.7. The molecule has 0 bridgehead atoms. The van der Waals surface area contributed by atoms with Crippen molar-refractivity contribution in [3.63, 3.8) is 0 Å². The van der Waals surface area contributed by atoms with Crippen molar-refractivity contribution in [2.24, 2.45) is 0 Å². The van der Waals surface area contributed by atoms with E-state index in [4.69, 9.17) is 0 Å². The van der Waals surface area contributed by atoms with Gasteiger partial charge in [0.05, 0.1) is 17.1 Å². The summed E-state index contributed by atoms with van der Waals surface area (Å²) in [6, 6.07) is 92.6. The van der Waals surface area contributed by atoms with Crippen LogP contribution in [0.4, 0.5) is 45.5 Å². The van der Waals surface area contributed by atoms with Crippen LogP contribution in [0.5, 0.6) is 0 Å². The summed E-state index contributed by atoms with van der Waals surface area (Å²) in [6.07, 6.45) is 9.08. The number of aromatic nitrogens is 1. The van der Waals surface area contributed by atoms with E-state index in [1.54, 1.807) is 0 Å². The number of hydrogen-bond donors (Lipinski definition) is 0. The minimum absolute atomic E-state index is 0.221. The molecule has 0 amide bonds. The molecule has 0 N–H and O–H groups in total. The zero-order chi connectivity index (χ0) is 46.4. The predicted octanol–water partition coefficient (Wildman–Crippen LogP) is 17.8. The quantitative estimate of drug-likeness (QED) is 0.136. The normalized spacial score (nSPS) is 14.7. The van der Waals surface area contributed by atoms with E-state index in [1.165, 1.54) is 49.9 Å². The minimum atomic E-state index is 0.221. The third-order valence-corrected chi connectivity index (χ3v) is 14.1. The maximum Gasteiger partial charge on any atom is 0.0629 e. The Bertz CT molecular complexity index is 3690. The Balaban J connectivity index is 0.856. The lowest BCUT2D eigenvalue weighted by atomic mass is 9.91. The van der Waals surface area contributed by atoms with Crippen LogP contribution in [0.15, 0.2) is 279 Å². The highest BCUT2D eigenvalue weighted by Crippen LogP contribution is 2.50. The maximum absolute atomic E-state index is 2.49. The SMILES string of the molecule is C1=CC2c3cc(N(c4ccc(-c5ccccc5)cc4)c4ccc(-c5ccc(N(c6ccccc6)c6ccc7c(c6)c6ccccc6n7-c6ccccc6)cc5)cc4)ccc3N(c3ccccc3)C2C=C1. The van der Waals surface area contributed by atoms with Gasteiger partial charge in [-0.25, -0.2) is 0 Å². The van der Waals surface area contributed by atoms with Crippen molar-refractivity contribution in [2.75, 3.05) is 14.7 Å². The van der Waals surface area contributed by atoms with Gasteiger partial charge >= 0.3 is 0 Å². The molecule has 0 saturated carbocycles. The van der Waals surface area contributed by atoms with E-state index in [2.05, 4.69) is 298 Å². The summed E-state index contributed by atoms with van der Waals surface area (Å²) in [5.41, 5.74) is 18.7. The number of hydrogen-bond acceptors (Lipinski definition) is 3. The average Bonchev–Trinajstić information content (AvgIpc) is 3.95. The molecule has 2 aliphatic rings. The van der Waals surface area contributed by atoms with E-state index in [0.29, 0.717) is 0 Å². The van der Waals surface area contributed by atoms with Crippen LogP contribution in [0.2, 0.25) is 0 Å². The zero-order valence-electron chi connectivity index (χ0n) is 38.5. The Labute approximate surface area is 409 Å². The van der Waals surface area contributed by atoms with Gasteiger partial charge in [-0.15, -0.1) is 0 Å². The number of benzene rings is 10. The number of para-hydroxylation sites is 4. The smallest absolute Gasteiger partial charge is 0.0629 e. The average molecular weight is 897 g/mol. The molecule has 2 heterocycles. The van der Waals surface area contributed by atoms with Gasteiger partial charge in [0.25, 0.3) is 0 Å². The lowest BCUT2D eigenvalue weighted by Gasteiger charge is -2.28. The number of fused-ring (bicyclic) bond motifs is 6. The second-order valence-corrected chi connectivity index (χ2v) is 18.1. The Hall–Kier alpha value is -9.12. The molecule has 10 aromatic carbocycles. The second kappa shape index (κ2) is 17.5. The van der Waals surface area contributed by atoms with Crippen molar-refractivity contribution in [1.29, 1.82) is 0 Å². The molecule has 0 saturated heterocycles. The molecule has 0 spiro atoms. The summed E-state index contributed by atoms with van der Waals surface area (Å²) in [5.74, 6) is 0.245. The molecule has 1 aliphatic heterocycles. The molecular formula is C66H48N4. The van der Waals surface area contributed by atoms with Crippen molar-refractivity contribution in [1.82, 2.24) is 4.57 Å². The number of allylic oxidation sites excluding steroid dienone is 2. The summed E-state index contributed by atoms with van der Waals surface area (Å²) in [7, 11) is 0. The van der Waals surface area contributed by atoms with Crippen LogP contribution in [0.25, 0.3) is 49.7 Å². The minimum Gasteiger partial charge on any atom is -0.333 e. The van der Waals surface area contributed by atoms with Crippen molar-refractivity contribution < 1.29 is 0 Å². The van der Waals surface area contributed by atoms with Crippen molar-refractivity contribution in [2.45, 2.75) is 12.0 Å². The van der Waals surface area contributed by atoms with E-state index in [1.807, 2.05) is 0 Å². The first-order valence-corrected chi connectivity index (χ1v) is 24.2. The standard InChI is InChI=1S/C66H48N4/c1-5-17-47(18-6-1)48-29-35-55(36-30-48)68(58-42-44-66-62(46-58)60-26-14-16-28-64(60)70(66)53-23-11-4-12-24-53)56-39-33-50(34-40-56)49-31-37-54(38-32-49)67(51-19-7-2-8-20-51)57-41-43-65-61(45-57)59-25-13-15-27-63(59)69(65)52-21-9-3-10-22-52/h1-46,60,64H. The van der Waals surface area contributed by atoms with Gasteiger partial charge in [0.15, 0.2) is 0 Å². The molecular weight excluding hydrogens is 849 g/mol. The lowest BCUT2D eigenvalue weighted by molar-refractivity contribution is 0.745. The molecule has 2 unspecified atom stereocenters. The highest BCUT2D eigenvalue weighted by molar-refractivity contribution is 6.10. The summed E-state index contributed by atoms with van der Waals surface area (Å²) < 4.78 is 2.37. The third-order valence-electron chi connectivity index (χ3n) is 14.1. The van der Waals surface area contributed by atoms with Crippen LogP contribution in [0, 0.1) is 0 Å². The lowest BCUT2D eigenvalue weighted by Crippen LogP contribution is -2.28. The Morgan fingerprint density at radius 1 is 0.314 bits per heavy atom. The van der Waals surface area contributed by atoms with Gasteiger partial charge in [-0.2, -0.15) is 0 Å². The monoisotopic (exact) mass is 896 g/mol. The van der Waals surface area contributed by atoms with Gasteiger partial charge in [-0.3, -0.25) is 0 Å². The zero-order valence-corrected chi connectivity index (χ0v) is 38.5. The van der Waals surface area contributed by atoms with Crippen molar-refractivity contribution >= 4 is 67.3 Å². The highest BCUT2D eigenvalue weighted by atomic mass is 15.2. The largest absolute Gasteiger partial charge is 0.333 e. The molecule has 0 radical (unpaired) electrons. The van der Waals surface area contributed by atoms with Gasteiger partial charge in [0, 0.05) is 67.9 Å². The molecule has 1 aromatic heterocycles. The summed E-state index contributed by atoms with van der Waals surface area (Å²) in [5, 5.41) is 2.45. The summed E-state index contributed by atoms with van der Waals surface area (Å²) in [6.45, 7) is 0. The van der Waals surface area contributed by atoms with Crippen LogP contribution in [-0.4, -0.2) is 10.6 Å². The molecule has 4 heteroatoms. The van der Waals surface area contributed by atoms with Gasteiger partial charge in [0.1, 0.15) is 0 Å². The summed E-state index contributed by atoms with van der Waals surface area (Å²) in [4.78, 5) is 7.25. The van der Waals surface area contributed by atoms with Crippen LogP contribution < -0.4 is 14.7 Å². The fraction of sp³-hybridized carbons (Fsp3) is 0.0303. The van der Waals surface area contributed by atoms with E-state index >= 15 is 0 Å². The predicted molar refractivity (Wildman–Crippen MR) is 294 cm³/mol. The number of anilines is 8. The molecule has 11 aromatic rings. The molecule has 332 valence electrons. The van der Waals surface area contributed by atoms with E-state index in [9.17, 15) is 0 Å². The van der Waals surface area contributed by atoms with Crippen LogP contribution in [0.1, 0.15) is 11.5 Å². The molecule has 0 fully saturated rings. The Kier molecular flexibility index (Phi) is 10.3. The fourth-order valence-corrected chi connectivity index (χ4v) is 10.8. The van der Waals surface area contributed by atoms with Crippen molar-refractivity contribution in [3.05, 3.63) is 285 Å². The molecule has 4 nitrogen and oxygen atoms in total. The van der Waals surface area contributed by atoms with Gasteiger partial charge < -0.3 is 19.3 Å². The molecule has 1 aliphatic carbocycles. The van der Waals surface area contributed by atoms with Crippen LogP contribution in [0.3, 0.4) is 0 Å². The number of nitrogens with zero attached hydrogens (tertiary/aromatic N) is 4. The topological polar surface area (TPSA) is 14.7 Å². The maximum atomic E-state index is 2.49. The Morgan fingerprint density at radius 3 is 1.37 bits per heavy atom. The first kappa shape index (κ1) is 41.1. The van der Waals surface area contributed by atoms with Crippen LogP contribution >= 0.6 is 0 Å². The highest BCUT2D eigenvalue weighted by Gasteiger charge is 2.38. The number of rotatable bonds is 10. The van der Waals surface area contributed by atoms with Crippen molar-refractivity contribution in [3.8, 4) is 27.9 Å². The van der Waals surface area contributed by atoms with Gasteiger partial charge in [0.2, 0.25) is 0 Å². The first-order valence-electron chi connectivity index (χ1n) is 24.2. The third kappa shape index (κ3) is 7.26. The molecule has 70 heavy (non-hydrogen) atoms. The van der Waals surface area contributed by atoms with E-state index in [-0.39, 0.29) is 12.0 Å². The van der Waals surface area contributed by atoms with Gasteiger partial charge in [-0.05, 0) is 143 Å². The Morgan fingerprint density at radius 2 is 0.757 bits per heavy atom. The van der Waals surface area contributed by atoms with E-state index < -0.39 is 0 Å².